The van der Waals surface area contributed by atoms with Crippen molar-refractivity contribution >= 4 is 5.97 Å². The fraction of sp³-hybridized carbons (Fsp3) is 0.533. The minimum absolute atomic E-state index is 0.531. The predicted octanol–water partition coefficient (Wildman–Crippen LogP) is 1.97. The normalized spacial score (nSPS) is 18.0. The zero-order chi connectivity index (χ0) is 13.9. The van der Waals surface area contributed by atoms with Crippen LogP contribution in [0.2, 0.25) is 0 Å². The average Bonchev–Trinajstić information content (AvgIpc) is 2.77. The molecule has 0 fully saturated rings. The van der Waals surface area contributed by atoms with E-state index in [1.54, 1.807) is 6.92 Å². The molecule has 0 radical (unpaired) electrons. The van der Waals surface area contributed by atoms with Crippen molar-refractivity contribution in [2.24, 2.45) is 5.73 Å². The molecule has 4 heteroatoms. The van der Waals surface area contributed by atoms with Crippen molar-refractivity contribution in [3.8, 4) is 0 Å². The highest BCUT2D eigenvalue weighted by Crippen LogP contribution is 2.22. The van der Waals surface area contributed by atoms with Gasteiger partial charge in [-0.05, 0) is 43.9 Å². The zero-order valence-electron chi connectivity index (χ0n) is 11.4. The van der Waals surface area contributed by atoms with Crippen LogP contribution in [0.5, 0.6) is 0 Å². The molecule has 0 saturated heterocycles. The molecule has 0 spiro atoms. The zero-order valence-corrected chi connectivity index (χ0v) is 11.4. The Morgan fingerprint density at radius 1 is 1.32 bits per heavy atom. The van der Waals surface area contributed by atoms with Gasteiger partial charge in [0.1, 0.15) is 5.54 Å². The predicted molar refractivity (Wildman–Crippen MR) is 74.6 cm³/mol. The van der Waals surface area contributed by atoms with Crippen molar-refractivity contribution in [2.75, 3.05) is 6.54 Å². The van der Waals surface area contributed by atoms with Gasteiger partial charge in [-0.3, -0.25) is 9.69 Å². The second-order valence-electron chi connectivity index (χ2n) is 5.66. The van der Waals surface area contributed by atoms with Gasteiger partial charge in [-0.2, -0.15) is 0 Å². The number of carbonyl (C=O) groups is 1. The molecular weight excluding hydrogens is 240 g/mol. The summed E-state index contributed by atoms with van der Waals surface area (Å²) in [6, 6.07) is 8.51. The number of fused-ring (bicyclic) bond motifs is 1. The summed E-state index contributed by atoms with van der Waals surface area (Å²) in [5.74, 6) is -0.916. The van der Waals surface area contributed by atoms with Gasteiger partial charge in [0.05, 0.1) is 0 Å². The van der Waals surface area contributed by atoms with Crippen LogP contribution in [0.1, 0.15) is 37.3 Å². The van der Waals surface area contributed by atoms with E-state index in [1.165, 1.54) is 11.1 Å². The van der Waals surface area contributed by atoms with E-state index >= 15 is 0 Å². The third-order valence-corrected chi connectivity index (χ3v) is 3.82. The standard InChI is InChI=1S/C15H22N2O2/c1-15(16,14(18)19)8-4-5-9-17-10-12-6-2-3-7-13(12)11-17/h2-3,6-7H,4-5,8-11,16H2,1H3,(H,18,19). The third kappa shape index (κ3) is 3.55. The molecule has 3 N–H and O–H groups in total. The lowest BCUT2D eigenvalue weighted by Crippen LogP contribution is -2.44. The van der Waals surface area contributed by atoms with Crippen LogP contribution in [0.4, 0.5) is 0 Å². The molecule has 1 aliphatic rings. The molecule has 1 heterocycles. The fourth-order valence-corrected chi connectivity index (χ4v) is 2.50. The number of carboxylic acids is 1. The highest BCUT2D eigenvalue weighted by Gasteiger charge is 2.27. The molecule has 0 bridgehead atoms. The highest BCUT2D eigenvalue weighted by atomic mass is 16.4. The summed E-state index contributed by atoms with van der Waals surface area (Å²) in [4.78, 5) is 13.3. The van der Waals surface area contributed by atoms with Crippen LogP contribution in [-0.2, 0) is 17.9 Å². The van der Waals surface area contributed by atoms with Crippen LogP contribution in [0, 0.1) is 0 Å². The summed E-state index contributed by atoms with van der Waals surface area (Å²) in [6.45, 7) is 4.61. The number of nitrogens with zero attached hydrogens (tertiary/aromatic N) is 1. The number of rotatable bonds is 6. The molecule has 1 aliphatic heterocycles. The molecule has 1 aromatic rings. The fourth-order valence-electron chi connectivity index (χ4n) is 2.50. The molecule has 2 rings (SSSR count). The largest absolute Gasteiger partial charge is 0.480 e. The number of carboxylic acid groups (broad SMARTS) is 1. The van der Waals surface area contributed by atoms with Crippen LogP contribution in [0.15, 0.2) is 24.3 Å². The first-order valence-electron chi connectivity index (χ1n) is 6.80. The van der Waals surface area contributed by atoms with Crippen molar-refractivity contribution in [2.45, 2.75) is 44.8 Å². The molecule has 0 aromatic heterocycles. The Kier molecular flexibility index (Phi) is 4.22. The smallest absolute Gasteiger partial charge is 0.323 e. The van der Waals surface area contributed by atoms with Crippen LogP contribution in [0.25, 0.3) is 0 Å². The SMILES string of the molecule is CC(N)(CCCCN1Cc2ccccc2C1)C(=O)O. The lowest BCUT2D eigenvalue weighted by atomic mass is 9.96. The second kappa shape index (κ2) is 5.72. The summed E-state index contributed by atoms with van der Waals surface area (Å²) >= 11 is 0. The summed E-state index contributed by atoms with van der Waals surface area (Å²) in [6.07, 6.45) is 2.38. The molecule has 0 saturated carbocycles. The number of benzene rings is 1. The van der Waals surface area contributed by atoms with Gasteiger partial charge in [0.25, 0.3) is 0 Å². The minimum atomic E-state index is -1.09. The second-order valence-corrected chi connectivity index (χ2v) is 5.66. The first-order valence-corrected chi connectivity index (χ1v) is 6.80. The Morgan fingerprint density at radius 3 is 2.42 bits per heavy atom. The summed E-state index contributed by atoms with van der Waals surface area (Å²) in [7, 11) is 0. The van der Waals surface area contributed by atoms with Gasteiger partial charge in [-0.15, -0.1) is 0 Å². The van der Waals surface area contributed by atoms with Gasteiger partial charge >= 0.3 is 5.97 Å². The van der Waals surface area contributed by atoms with E-state index < -0.39 is 11.5 Å². The van der Waals surface area contributed by atoms with E-state index in [1.807, 2.05) is 0 Å². The molecule has 4 nitrogen and oxygen atoms in total. The number of hydrogen-bond donors (Lipinski definition) is 2. The number of aliphatic carboxylic acids is 1. The number of unbranched alkanes of at least 4 members (excludes halogenated alkanes) is 1. The van der Waals surface area contributed by atoms with Crippen molar-refractivity contribution in [3.05, 3.63) is 35.4 Å². The molecule has 1 unspecified atom stereocenters. The van der Waals surface area contributed by atoms with E-state index in [4.69, 9.17) is 10.8 Å². The molecule has 1 aromatic carbocycles. The van der Waals surface area contributed by atoms with Crippen LogP contribution < -0.4 is 5.73 Å². The Bertz CT molecular complexity index is 432. The molecule has 104 valence electrons. The van der Waals surface area contributed by atoms with Crippen LogP contribution >= 0.6 is 0 Å². The summed E-state index contributed by atoms with van der Waals surface area (Å²) in [5, 5.41) is 8.94. The number of nitrogens with two attached hydrogens (primary N) is 1. The first kappa shape index (κ1) is 14.0. The number of hydrogen-bond acceptors (Lipinski definition) is 3. The van der Waals surface area contributed by atoms with E-state index in [0.29, 0.717) is 6.42 Å². The average molecular weight is 262 g/mol. The highest BCUT2D eigenvalue weighted by molar-refractivity contribution is 5.77. The topological polar surface area (TPSA) is 66.6 Å². The maximum atomic E-state index is 10.9. The quantitative estimate of drug-likeness (QED) is 0.769. The molecule has 0 aliphatic carbocycles. The Hall–Kier alpha value is -1.39. The van der Waals surface area contributed by atoms with Gasteiger partial charge in [0.15, 0.2) is 0 Å². The van der Waals surface area contributed by atoms with Gasteiger partial charge in [0, 0.05) is 13.1 Å². The Balaban J connectivity index is 1.70. The first-order chi connectivity index (χ1) is 8.99. The summed E-state index contributed by atoms with van der Waals surface area (Å²) < 4.78 is 0. The van der Waals surface area contributed by atoms with Crippen LogP contribution in [-0.4, -0.2) is 28.1 Å². The van der Waals surface area contributed by atoms with E-state index in [-0.39, 0.29) is 0 Å². The maximum Gasteiger partial charge on any atom is 0.323 e. The molecule has 19 heavy (non-hydrogen) atoms. The molecule has 0 amide bonds. The lowest BCUT2D eigenvalue weighted by molar-refractivity contribution is -0.142. The van der Waals surface area contributed by atoms with Gasteiger partial charge < -0.3 is 10.8 Å². The Labute approximate surface area is 114 Å². The van der Waals surface area contributed by atoms with E-state index in [9.17, 15) is 4.79 Å². The van der Waals surface area contributed by atoms with Gasteiger partial charge in [-0.25, -0.2) is 0 Å². The monoisotopic (exact) mass is 262 g/mol. The van der Waals surface area contributed by atoms with Crippen molar-refractivity contribution in [1.82, 2.24) is 4.90 Å². The minimum Gasteiger partial charge on any atom is -0.480 e. The van der Waals surface area contributed by atoms with Crippen molar-refractivity contribution in [1.29, 1.82) is 0 Å². The molecular formula is C15H22N2O2. The van der Waals surface area contributed by atoms with Crippen LogP contribution in [0.3, 0.4) is 0 Å². The summed E-state index contributed by atoms with van der Waals surface area (Å²) in [5.41, 5.74) is 7.45. The van der Waals surface area contributed by atoms with E-state index in [0.717, 1.165) is 32.5 Å². The van der Waals surface area contributed by atoms with Crippen molar-refractivity contribution < 1.29 is 9.90 Å². The van der Waals surface area contributed by atoms with E-state index in [2.05, 4.69) is 29.2 Å². The van der Waals surface area contributed by atoms with Crippen molar-refractivity contribution in [3.63, 3.8) is 0 Å². The maximum absolute atomic E-state index is 10.9. The molecule has 1 atom stereocenters. The Morgan fingerprint density at radius 2 is 1.89 bits per heavy atom. The van der Waals surface area contributed by atoms with Gasteiger partial charge in [0.2, 0.25) is 0 Å². The van der Waals surface area contributed by atoms with Gasteiger partial charge in [-0.1, -0.05) is 24.3 Å². The lowest BCUT2D eigenvalue weighted by Gasteiger charge is -2.20. The third-order valence-electron chi connectivity index (χ3n) is 3.82.